The third-order valence-electron chi connectivity index (χ3n) is 8.06. The van der Waals surface area contributed by atoms with Crippen LogP contribution in [-0.4, -0.2) is 41.2 Å². The normalized spacial score (nSPS) is 28.8. The molecule has 3 unspecified atom stereocenters. The highest BCUT2D eigenvalue weighted by Crippen LogP contribution is 2.38. The van der Waals surface area contributed by atoms with Crippen LogP contribution < -0.4 is 16.0 Å². The Hall–Kier alpha value is -1.49. The number of amidine groups is 1. The molecule has 4 heterocycles. The number of benzene rings is 2. The maximum absolute atomic E-state index is 11.0. The van der Waals surface area contributed by atoms with Gasteiger partial charge in [0.1, 0.15) is 5.84 Å². The Kier molecular flexibility index (Phi) is 8.49. The van der Waals surface area contributed by atoms with Crippen LogP contribution in [0.3, 0.4) is 0 Å². The van der Waals surface area contributed by atoms with Crippen LogP contribution in [0.5, 0.6) is 0 Å². The zero-order valence-corrected chi connectivity index (χ0v) is 26.4. The number of fused-ring (bicyclic) bond motifs is 2. The third-order valence-corrected chi connectivity index (χ3v) is 9.05. The van der Waals surface area contributed by atoms with Gasteiger partial charge < -0.3 is 25.2 Å². The highest BCUT2D eigenvalue weighted by Gasteiger charge is 2.44. The number of hydrogen-bond acceptors (Lipinski definition) is 7. The topological polar surface area (TPSA) is 87.1 Å². The number of anilines is 2. The molecule has 4 aliphatic rings. The van der Waals surface area contributed by atoms with Gasteiger partial charge in [0.15, 0.2) is 5.85 Å². The van der Waals surface area contributed by atoms with Crippen LogP contribution in [0, 0.1) is 11.8 Å². The van der Waals surface area contributed by atoms with Crippen LogP contribution in [-0.2, 0) is 22.6 Å². The van der Waals surface area contributed by atoms with E-state index in [2.05, 4.69) is 99.8 Å². The SMILES string of the molecule is CC1(C)CC(C2(O)NCc3cc(Br)ccc3N2)CCO1.CC1(C)CC(C2=NCc3cc(Br)ccc3N2)CCO1. The van der Waals surface area contributed by atoms with E-state index in [0.29, 0.717) is 19.1 Å². The number of aliphatic hydroxyl groups is 1. The molecule has 0 aliphatic carbocycles. The number of aliphatic imine (C=N–C) groups is 1. The Morgan fingerprint density at radius 3 is 2.21 bits per heavy atom. The molecule has 3 atom stereocenters. The molecule has 0 radical (unpaired) electrons. The molecule has 212 valence electrons. The van der Waals surface area contributed by atoms with Crippen molar-refractivity contribution >= 4 is 49.1 Å². The van der Waals surface area contributed by atoms with Gasteiger partial charge in [0.05, 0.1) is 17.7 Å². The van der Waals surface area contributed by atoms with Crippen molar-refractivity contribution < 1.29 is 14.6 Å². The Labute approximate surface area is 248 Å². The minimum Gasteiger partial charge on any atom is -0.376 e. The van der Waals surface area contributed by atoms with Crippen LogP contribution in [0.4, 0.5) is 11.4 Å². The van der Waals surface area contributed by atoms with Crippen molar-refractivity contribution in [3.63, 3.8) is 0 Å². The maximum Gasteiger partial charge on any atom is 0.196 e. The Bertz CT molecular complexity index is 1230. The van der Waals surface area contributed by atoms with Crippen molar-refractivity contribution in [2.24, 2.45) is 16.8 Å². The van der Waals surface area contributed by atoms with Gasteiger partial charge in [-0.3, -0.25) is 10.3 Å². The summed E-state index contributed by atoms with van der Waals surface area (Å²) in [7, 11) is 0. The fourth-order valence-corrected chi connectivity index (χ4v) is 6.82. The number of halogens is 2. The molecule has 0 amide bonds. The molecule has 6 rings (SSSR count). The van der Waals surface area contributed by atoms with Crippen molar-refractivity contribution in [3.8, 4) is 0 Å². The van der Waals surface area contributed by atoms with Gasteiger partial charge >= 0.3 is 0 Å². The van der Waals surface area contributed by atoms with E-state index in [0.717, 1.165) is 64.9 Å². The fraction of sp³-hybridized carbons (Fsp3) is 0.567. The smallest absolute Gasteiger partial charge is 0.196 e. The zero-order valence-electron chi connectivity index (χ0n) is 23.2. The van der Waals surface area contributed by atoms with E-state index in [9.17, 15) is 5.11 Å². The monoisotopic (exact) mass is 662 g/mol. The lowest BCUT2D eigenvalue weighted by Crippen LogP contribution is -2.61. The lowest BCUT2D eigenvalue weighted by Gasteiger charge is -2.46. The Morgan fingerprint density at radius 2 is 1.51 bits per heavy atom. The zero-order chi connectivity index (χ0) is 27.8. The molecule has 9 heteroatoms. The van der Waals surface area contributed by atoms with E-state index in [4.69, 9.17) is 14.5 Å². The molecule has 0 spiro atoms. The van der Waals surface area contributed by atoms with Gasteiger partial charge in [-0.25, -0.2) is 0 Å². The van der Waals surface area contributed by atoms with Gasteiger partial charge in [0.2, 0.25) is 0 Å². The van der Waals surface area contributed by atoms with Crippen molar-refractivity contribution in [2.75, 3.05) is 23.8 Å². The highest BCUT2D eigenvalue weighted by molar-refractivity contribution is 9.10. The summed E-state index contributed by atoms with van der Waals surface area (Å²) in [5.41, 5.74) is 4.39. The van der Waals surface area contributed by atoms with Gasteiger partial charge in [-0.15, -0.1) is 0 Å². The lowest BCUT2D eigenvalue weighted by molar-refractivity contribution is -0.131. The number of nitrogens with zero attached hydrogens (tertiary/aromatic N) is 1. The van der Waals surface area contributed by atoms with Gasteiger partial charge in [-0.1, -0.05) is 31.9 Å². The van der Waals surface area contributed by atoms with Gasteiger partial charge in [-0.05, 0) is 101 Å². The minimum atomic E-state index is -1.05. The molecule has 7 nitrogen and oxygen atoms in total. The molecule has 2 aromatic carbocycles. The molecular weight excluding hydrogens is 624 g/mol. The predicted octanol–water partition coefficient (Wildman–Crippen LogP) is 6.79. The molecule has 4 aliphatic heterocycles. The summed E-state index contributed by atoms with van der Waals surface area (Å²) in [5.74, 6) is 0.691. The summed E-state index contributed by atoms with van der Waals surface area (Å²) in [6, 6.07) is 12.4. The minimum absolute atomic E-state index is 0.0346. The van der Waals surface area contributed by atoms with Crippen LogP contribution >= 0.6 is 31.9 Å². The summed E-state index contributed by atoms with van der Waals surface area (Å²) in [5, 5.41) is 21.0. The number of rotatable bonds is 2. The van der Waals surface area contributed by atoms with Gasteiger partial charge in [0.25, 0.3) is 0 Å². The van der Waals surface area contributed by atoms with E-state index in [1.165, 1.54) is 11.3 Å². The molecule has 2 saturated heterocycles. The second-order valence-electron chi connectivity index (χ2n) is 12.3. The van der Waals surface area contributed by atoms with E-state index in [-0.39, 0.29) is 17.1 Å². The van der Waals surface area contributed by atoms with Crippen molar-refractivity contribution in [1.29, 1.82) is 0 Å². The highest BCUT2D eigenvalue weighted by atomic mass is 79.9. The van der Waals surface area contributed by atoms with Crippen LogP contribution in [0.25, 0.3) is 0 Å². The summed E-state index contributed by atoms with van der Waals surface area (Å²) in [4.78, 5) is 4.73. The molecule has 2 aromatic rings. The molecule has 0 aromatic heterocycles. The second kappa shape index (κ2) is 11.4. The summed E-state index contributed by atoms with van der Waals surface area (Å²) >= 11 is 6.98. The largest absolute Gasteiger partial charge is 0.376 e. The van der Waals surface area contributed by atoms with Crippen molar-refractivity contribution in [2.45, 2.75) is 83.5 Å². The first-order valence-corrected chi connectivity index (χ1v) is 15.4. The summed E-state index contributed by atoms with van der Waals surface area (Å²) in [6.45, 7) is 11.4. The fourth-order valence-electron chi connectivity index (χ4n) is 6.00. The first kappa shape index (κ1) is 29.0. The maximum atomic E-state index is 11.0. The quantitative estimate of drug-likeness (QED) is 0.283. The standard InChI is InChI=1S/C15H21BrN2O2.C15H19BrN2O/c1-14(2)8-11(5-6-20-14)15(19)17-9-10-7-12(16)3-4-13(10)18-15;1-15(2)8-10(5-6-19-15)14-17-9-11-7-12(16)3-4-13(11)18-14/h3-4,7,11,17-19H,5-6,8-9H2,1-2H3;3-4,7,10H,5-6,8-9H2,1-2H3,(H,17,18). The number of ether oxygens (including phenoxy) is 2. The number of nitrogens with one attached hydrogen (secondary N) is 3. The lowest BCUT2D eigenvalue weighted by atomic mass is 9.83. The van der Waals surface area contributed by atoms with Crippen molar-refractivity contribution in [1.82, 2.24) is 5.32 Å². The first-order chi connectivity index (χ1) is 18.4. The number of hydrogen-bond donors (Lipinski definition) is 4. The van der Waals surface area contributed by atoms with Crippen molar-refractivity contribution in [3.05, 3.63) is 56.5 Å². The van der Waals surface area contributed by atoms with E-state index < -0.39 is 5.85 Å². The summed E-state index contributed by atoms with van der Waals surface area (Å²) in [6.07, 6.45) is 3.77. The average Bonchev–Trinajstić information content (AvgIpc) is 2.88. The second-order valence-corrected chi connectivity index (χ2v) is 14.1. The summed E-state index contributed by atoms with van der Waals surface area (Å²) < 4.78 is 13.7. The average molecular weight is 664 g/mol. The Balaban J connectivity index is 0.000000158. The van der Waals surface area contributed by atoms with Crippen LogP contribution in [0.1, 0.15) is 64.5 Å². The molecule has 0 saturated carbocycles. The first-order valence-electron chi connectivity index (χ1n) is 13.8. The van der Waals surface area contributed by atoms with Gasteiger partial charge in [-0.2, -0.15) is 0 Å². The van der Waals surface area contributed by atoms with Crippen LogP contribution in [0.2, 0.25) is 0 Å². The molecule has 4 N–H and O–H groups in total. The molecule has 0 bridgehead atoms. The molecule has 2 fully saturated rings. The Morgan fingerprint density at radius 1 is 0.872 bits per heavy atom. The molecule has 39 heavy (non-hydrogen) atoms. The third kappa shape index (κ3) is 7.05. The predicted molar refractivity (Wildman–Crippen MR) is 164 cm³/mol. The van der Waals surface area contributed by atoms with Gasteiger partial charge in [0, 0.05) is 51.9 Å². The molecular formula is C30H40Br2N4O3. The van der Waals surface area contributed by atoms with E-state index >= 15 is 0 Å². The van der Waals surface area contributed by atoms with Crippen LogP contribution in [0.15, 0.2) is 50.3 Å². The van der Waals surface area contributed by atoms with E-state index in [1.807, 2.05) is 12.1 Å². The van der Waals surface area contributed by atoms with E-state index in [1.54, 1.807) is 0 Å².